The van der Waals surface area contributed by atoms with Gasteiger partial charge in [-0.05, 0) is 44.5 Å². The zero-order valence-corrected chi connectivity index (χ0v) is 12.5. The van der Waals surface area contributed by atoms with Gasteiger partial charge in [-0.2, -0.15) is 0 Å². The SMILES string of the molecule is CC1CN(c2ccc(C=CC(=O)O)cc2F)CC(C)(C)O1. The quantitative estimate of drug-likeness (QED) is 0.871. The highest BCUT2D eigenvalue weighted by molar-refractivity contribution is 5.85. The van der Waals surface area contributed by atoms with Gasteiger partial charge >= 0.3 is 5.97 Å². The molecule has 0 spiro atoms. The summed E-state index contributed by atoms with van der Waals surface area (Å²) in [6, 6.07) is 4.75. The molecule has 0 amide bonds. The molecule has 1 aliphatic heterocycles. The molecule has 4 nitrogen and oxygen atoms in total. The highest BCUT2D eigenvalue weighted by atomic mass is 19.1. The van der Waals surface area contributed by atoms with Crippen LogP contribution in [0.15, 0.2) is 24.3 Å². The fourth-order valence-corrected chi connectivity index (χ4v) is 2.69. The van der Waals surface area contributed by atoms with E-state index in [4.69, 9.17) is 9.84 Å². The van der Waals surface area contributed by atoms with Crippen LogP contribution in [0.5, 0.6) is 0 Å². The summed E-state index contributed by atoms with van der Waals surface area (Å²) in [6.07, 6.45) is 2.40. The number of carboxylic acid groups (broad SMARTS) is 1. The van der Waals surface area contributed by atoms with Crippen LogP contribution in [0.3, 0.4) is 0 Å². The second kappa shape index (κ2) is 5.85. The monoisotopic (exact) mass is 293 g/mol. The van der Waals surface area contributed by atoms with Gasteiger partial charge in [0.05, 0.1) is 17.4 Å². The first kappa shape index (κ1) is 15.5. The van der Waals surface area contributed by atoms with Gasteiger partial charge in [0.1, 0.15) is 5.82 Å². The lowest BCUT2D eigenvalue weighted by Gasteiger charge is -2.43. The third-order valence-electron chi connectivity index (χ3n) is 3.30. The van der Waals surface area contributed by atoms with Crippen molar-refractivity contribution in [2.75, 3.05) is 18.0 Å². The van der Waals surface area contributed by atoms with E-state index in [1.807, 2.05) is 25.7 Å². The van der Waals surface area contributed by atoms with Crippen molar-refractivity contribution >= 4 is 17.7 Å². The molecule has 1 fully saturated rings. The summed E-state index contributed by atoms with van der Waals surface area (Å²) in [4.78, 5) is 12.4. The predicted octanol–water partition coefficient (Wildman–Crippen LogP) is 2.93. The van der Waals surface area contributed by atoms with Crippen LogP contribution in [0, 0.1) is 5.82 Å². The average molecular weight is 293 g/mol. The molecular weight excluding hydrogens is 273 g/mol. The van der Waals surface area contributed by atoms with Crippen LogP contribution < -0.4 is 4.90 Å². The third-order valence-corrected chi connectivity index (χ3v) is 3.30. The average Bonchev–Trinajstić information content (AvgIpc) is 2.33. The van der Waals surface area contributed by atoms with E-state index in [9.17, 15) is 9.18 Å². The van der Waals surface area contributed by atoms with Crippen LogP contribution in [-0.2, 0) is 9.53 Å². The summed E-state index contributed by atoms with van der Waals surface area (Å²) in [7, 11) is 0. The van der Waals surface area contributed by atoms with Crippen molar-refractivity contribution in [3.05, 3.63) is 35.7 Å². The molecule has 114 valence electrons. The minimum Gasteiger partial charge on any atom is -0.478 e. The van der Waals surface area contributed by atoms with Gasteiger partial charge in [-0.25, -0.2) is 9.18 Å². The number of benzene rings is 1. The molecule has 0 radical (unpaired) electrons. The molecular formula is C16H20FNO3. The maximum Gasteiger partial charge on any atom is 0.328 e. The number of carbonyl (C=O) groups is 1. The first-order valence-electron chi connectivity index (χ1n) is 6.90. The number of rotatable bonds is 3. The molecule has 1 saturated heterocycles. The maximum absolute atomic E-state index is 14.3. The number of nitrogens with zero attached hydrogens (tertiary/aromatic N) is 1. The van der Waals surface area contributed by atoms with Crippen molar-refractivity contribution in [3.63, 3.8) is 0 Å². The van der Waals surface area contributed by atoms with Crippen LogP contribution in [-0.4, -0.2) is 35.9 Å². The van der Waals surface area contributed by atoms with Gasteiger partial charge in [0.15, 0.2) is 0 Å². The van der Waals surface area contributed by atoms with E-state index < -0.39 is 5.97 Å². The minimum atomic E-state index is -1.05. The summed E-state index contributed by atoms with van der Waals surface area (Å²) in [6.45, 7) is 7.17. The van der Waals surface area contributed by atoms with E-state index in [0.29, 0.717) is 24.3 Å². The summed E-state index contributed by atoms with van der Waals surface area (Å²) < 4.78 is 20.1. The Balaban J connectivity index is 2.22. The third kappa shape index (κ3) is 4.04. The van der Waals surface area contributed by atoms with Crippen molar-refractivity contribution in [2.24, 2.45) is 0 Å². The molecule has 0 aliphatic carbocycles. The summed E-state index contributed by atoms with van der Waals surface area (Å²) >= 11 is 0. The topological polar surface area (TPSA) is 49.8 Å². The molecule has 0 bridgehead atoms. The molecule has 2 rings (SSSR count). The van der Waals surface area contributed by atoms with Gasteiger partial charge in [-0.3, -0.25) is 0 Å². The zero-order chi connectivity index (χ0) is 15.6. The molecule has 5 heteroatoms. The van der Waals surface area contributed by atoms with Gasteiger partial charge < -0.3 is 14.7 Å². The molecule has 1 N–H and O–H groups in total. The largest absolute Gasteiger partial charge is 0.478 e. The van der Waals surface area contributed by atoms with Crippen LogP contribution in [0.2, 0.25) is 0 Å². The normalized spacial score (nSPS) is 21.7. The van der Waals surface area contributed by atoms with Gasteiger partial charge in [0.25, 0.3) is 0 Å². The van der Waals surface area contributed by atoms with E-state index >= 15 is 0 Å². The van der Waals surface area contributed by atoms with E-state index in [-0.39, 0.29) is 17.5 Å². The number of halogens is 1. The molecule has 1 aliphatic rings. The lowest BCUT2D eigenvalue weighted by Crippen LogP contribution is -2.52. The predicted molar refractivity (Wildman–Crippen MR) is 79.9 cm³/mol. The van der Waals surface area contributed by atoms with Crippen molar-refractivity contribution in [1.29, 1.82) is 0 Å². The Labute approximate surface area is 123 Å². The molecule has 1 heterocycles. The molecule has 1 unspecified atom stereocenters. The Kier molecular flexibility index (Phi) is 4.32. The number of aliphatic carboxylic acids is 1. The van der Waals surface area contributed by atoms with E-state index in [1.165, 1.54) is 12.1 Å². The lowest BCUT2D eigenvalue weighted by atomic mass is 10.0. The Bertz CT molecular complexity index is 569. The summed E-state index contributed by atoms with van der Waals surface area (Å²) in [5.41, 5.74) is 0.719. The van der Waals surface area contributed by atoms with Crippen LogP contribution in [0.25, 0.3) is 6.08 Å². The smallest absolute Gasteiger partial charge is 0.328 e. The minimum absolute atomic E-state index is 0.0275. The van der Waals surface area contributed by atoms with Crippen LogP contribution >= 0.6 is 0 Å². The zero-order valence-electron chi connectivity index (χ0n) is 12.5. The standard InChI is InChI=1S/C16H20FNO3/c1-11-9-18(10-16(2,3)21-11)14-6-4-12(8-13(14)17)5-7-15(19)20/h4-8,11H,9-10H2,1-3H3,(H,19,20). The second-order valence-electron chi connectivity index (χ2n) is 5.95. The fourth-order valence-electron chi connectivity index (χ4n) is 2.69. The van der Waals surface area contributed by atoms with E-state index in [2.05, 4.69) is 0 Å². The Morgan fingerprint density at radius 2 is 2.24 bits per heavy atom. The Hall–Kier alpha value is -1.88. The number of hydrogen-bond acceptors (Lipinski definition) is 3. The summed E-state index contributed by atoms with van der Waals surface area (Å²) in [5, 5.41) is 8.59. The highest BCUT2D eigenvalue weighted by Crippen LogP contribution is 2.28. The maximum atomic E-state index is 14.3. The first-order valence-corrected chi connectivity index (χ1v) is 6.90. The first-order chi connectivity index (χ1) is 9.77. The molecule has 1 atom stereocenters. The molecule has 0 saturated carbocycles. The van der Waals surface area contributed by atoms with Gasteiger partial charge in [0, 0.05) is 19.2 Å². The number of carboxylic acids is 1. The van der Waals surface area contributed by atoms with Crippen LogP contribution in [0.4, 0.5) is 10.1 Å². The van der Waals surface area contributed by atoms with Gasteiger partial charge in [-0.1, -0.05) is 6.07 Å². The summed E-state index contributed by atoms with van der Waals surface area (Å²) in [5.74, 6) is -1.41. The second-order valence-corrected chi connectivity index (χ2v) is 5.95. The molecule has 0 aromatic heterocycles. The van der Waals surface area contributed by atoms with Crippen molar-refractivity contribution in [3.8, 4) is 0 Å². The van der Waals surface area contributed by atoms with Gasteiger partial charge in [0.2, 0.25) is 0 Å². The highest BCUT2D eigenvalue weighted by Gasteiger charge is 2.32. The molecule has 1 aromatic rings. The van der Waals surface area contributed by atoms with E-state index in [0.717, 1.165) is 6.08 Å². The molecule has 21 heavy (non-hydrogen) atoms. The van der Waals surface area contributed by atoms with Gasteiger partial charge in [-0.15, -0.1) is 0 Å². The molecule has 1 aromatic carbocycles. The number of anilines is 1. The lowest BCUT2D eigenvalue weighted by molar-refractivity contribution is -0.131. The Morgan fingerprint density at radius 1 is 1.52 bits per heavy atom. The Morgan fingerprint density at radius 3 is 2.81 bits per heavy atom. The number of ether oxygens (including phenoxy) is 1. The van der Waals surface area contributed by atoms with Crippen molar-refractivity contribution in [2.45, 2.75) is 32.5 Å². The van der Waals surface area contributed by atoms with E-state index in [1.54, 1.807) is 12.1 Å². The van der Waals surface area contributed by atoms with Crippen LogP contribution in [0.1, 0.15) is 26.3 Å². The van der Waals surface area contributed by atoms with Crippen molar-refractivity contribution in [1.82, 2.24) is 0 Å². The fraction of sp³-hybridized carbons (Fsp3) is 0.438. The van der Waals surface area contributed by atoms with Crippen molar-refractivity contribution < 1.29 is 19.0 Å². The number of hydrogen-bond donors (Lipinski definition) is 1. The number of morpholine rings is 1.